The average Bonchev–Trinajstić information content (AvgIpc) is 2.54. The summed E-state index contributed by atoms with van der Waals surface area (Å²) in [6.45, 7) is 5.31. The molecule has 0 bridgehead atoms. The fraction of sp³-hybridized carbons (Fsp3) is 0.278. The first-order chi connectivity index (χ1) is 11.7. The molecule has 2 rings (SSSR count). The Hall–Kier alpha value is -3.09. The highest BCUT2D eigenvalue weighted by Crippen LogP contribution is 2.31. The predicted octanol–water partition coefficient (Wildman–Crippen LogP) is 4.68. The summed E-state index contributed by atoms with van der Waals surface area (Å²) in [5.41, 5.74) is 0.240. The zero-order valence-electron chi connectivity index (χ0n) is 14.6. The Morgan fingerprint density at radius 3 is 2.24 bits per heavy atom. The van der Waals surface area contributed by atoms with Crippen LogP contribution in [0.15, 0.2) is 48.5 Å². The summed E-state index contributed by atoms with van der Waals surface area (Å²) in [5.74, 6) is 0.577. The Morgan fingerprint density at radius 2 is 1.72 bits per heavy atom. The van der Waals surface area contributed by atoms with Crippen LogP contribution in [0.5, 0.6) is 5.75 Å². The van der Waals surface area contributed by atoms with Crippen molar-refractivity contribution < 1.29 is 19.2 Å². The third-order valence-electron chi connectivity index (χ3n) is 3.21. The van der Waals surface area contributed by atoms with E-state index in [9.17, 15) is 14.9 Å². The van der Waals surface area contributed by atoms with Crippen LogP contribution in [0.3, 0.4) is 0 Å². The smallest absolute Gasteiger partial charge is 0.419 e. The van der Waals surface area contributed by atoms with Gasteiger partial charge in [-0.1, -0.05) is 6.07 Å². The molecule has 132 valence electrons. The number of hydrogen-bond donors (Lipinski definition) is 0. The molecular formula is C18H20N2O5. The first-order valence-corrected chi connectivity index (χ1v) is 7.63. The lowest BCUT2D eigenvalue weighted by molar-refractivity contribution is -0.384. The van der Waals surface area contributed by atoms with E-state index in [4.69, 9.17) is 9.47 Å². The van der Waals surface area contributed by atoms with Crippen LogP contribution in [-0.2, 0) is 4.74 Å². The van der Waals surface area contributed by atoms with E-state index in [2.05, 4.69) is 0 Å². The lowest BCUT2D eigenvalue weighted by Gasteiger charge is -2.27. The van der Waals surface area contributed by atoms with Crippen molar-refractivity contribution in [3.8, 4) is 5.75 Å². The van der Waals surface area contributed by atoms with Crippen LogP contribution in [0.2, 0.25) is 0 Å². The number of anilines is 2. The fourth-order valence-electron chi connectivity index (χ4n) is 2.14. The number of ether oxygens (including phenoxy) is 2. The van der Waals surface area contributed by atoms with Crippen LogP contribution in [-0.4, -0.2) is 23.7 Å². The Bertz CT molecular complexity index is 766. The van der Waals surface area contributed by atoms with Crippen LogP contribution in [0.1, 0.15) is 20.8 Å². The molecule has 0 aliphatic heterocycles. The van der Waals surface area contributed by atoms with Crippen LogP contribution >= 0.6 is 0 Å². The first-order valence-electron chi connectivity index (χ1n) is 7.63. The molecule has 0 aliphatic carbocycles. The zero-order valence-corrected chi connectivity index (χ0v) is 14.6. The number of amides is 1. The van der Waals surface area contributed by atoms with Gasteiger partial charge in [-0.15, -0.1) is 0 Å². The van der Waals surface area contributed by atoms with Crippen molar-refractivity contribution in [1.29, 1.82) is 0 Å². The van der Waals surface area contributed by atoms with Gasteiger partial charge in [-0.25, -0.2) is 9.69 Å². The molecule has 0 aliphatic rings. The molecule has 0 fully saturated rings. The van der Waals surface area contributed by atoms with E-state index >= 15 is 0 Å². The van der Waals surface area contributed by atoms with Crippen LogP contribution in [0.4, 0.5) is 21.9 Å². The van der Waals surface area contributed by atoms with E-state index in [-0.39, 0.29) is 5.69 Å². The summed E-state index contributed by atoms with van der Waals surface area (Å²) in [4.78, 5) is 24.4. The molecule has 0 spiro atoms. The highest BCUT2D eigenvalue weighted by molar-refractivity contribution is 5.96. The van der Waals surface area contributed by atoms with Crippen LogP contribution < -0.4 is 9.64 Å². The molecule has 1 amide bonds. The predicted molar refractivity (Wildman–Crippen MR) is 94.5 cm³/mol. The molecule has 25 heavy (non-hydrogen) atoms. The Balaban J connectivity index is 2.47. The third-order valence-corrected chi connectivity index (χ3v) is 3.21. The minimum Gasteiger partial charge on any atom is -0.497 e. The topological polar surface area (TPSA) is 81.9 Å². The maximum Gasteiger partial charge on any atom is 0.419 e. The van der Waals surface area contributed by atoms with Gasteiger partial charge in [0, 0.05) is 18.2 Å². The number of rotatable bonds is 4. The zero-order chi connectivity index (χ0) is 18.6. The molecule has 7 heteroatoms. The largest absolute Gasteiger partial charge is 0.497 e. The molecule has 2 aromatic carbocycles. The number of carbonyl (C=O) groups is 1. The summed E-state index contributed by atoms with van der Waals surface area (Å²) < 4.78 is 10.7. The number of non-ortho nitro benzene ring substituents is 1. The van der Waals surface area contributed by atoms with Crippen LogP contribution in [0.25, 0.3) is 0 Å². The van der Waals surface area contributed by atoms with Gasteiger partial charge in [0.2, 0.25) is 0 Å². The number of nitrogens with zero attached hydrogens (tertiary/aromatic N) is 2. The van der Waals surface area contributed by atoms with Crippen molar-refractivity contribution in [2.24, 2.45) is 0 Å². The minimum absolute atomic E-state index is 0.0569. The normalized spacial score (nSPS) is 10.9. The Morgan fingerprint density at radius 1 is 1.08 bits per heavy atom. The van der Waals surface area contributed by atoms with Gasteiger partial charge in [0.15, 0.2) is 0 Å². The average molecular weight is 344 g/mol. The van der Waals surface area contributed by atoms with Crippen molar-refractivity contribution in [2.45, 2.75) is 26.4 Å². The number of benzene rings is 2. The summed E-state index contributed by atoms with van der Waals surface area (Å²) in [6.07, 6.45) is -0.588. The summed E-state index contributed by atoms with van der Waals surface area (Å²) in [7, 11) is 1.53. The van der Waals surface area contributed by atoms with Crippen molar-refractivity contribution in [3.63, 3.8) is 0 Å². The third kappa shape index (κ3) is 4.69. The van der Waals surface area contributed by atoms with Gasteiger partial charge in [-0.05, 0) is 45.0 Å². The maximum absolute atomic E-state index is 12.7. The molecule has 0 aromatic heterocycles. The summed E-state index contributed by atoms with van der Waals surface area (Å²) in [5, 5.41) is 10.8. The van der Waals surface area contributed by atoms with Gasteiger partial charge in [-0.3, -0.25) is 10.1 Å². The van der Waals surface area contributed by atoms with Gasteiger partial charge >= 0.3 is 6.09 Å². The molecular weight excluding hydrogens is 324 g/mol. The second-order valence-corrected chi connectivity index (χ2v) is 6.29. The second-order valence-electron chi connectivity index (χ2n) is 6.29. The van der Waals surface area contributed by atoms with E-state index in [1.165, 1.54) is 36.3 Å². The summed E-state index contributed by atoms with van der Waals surface area (Å²) in [6, 6.07) is 12.6. The number of methoxy groups -OCH3 is 1. The molecule has 0 saturated carbocycles. The minimum atomic E-state index is -0.686. The van der Waals surface area contributed by atoms with Gasteiger partial charge in [0.1, 0.15) is 11.4 Å². The quantitative estimate of drug-likeness (QED) is 0.594. The fourth-order valence-corrected chi connectivity index (χ4v) is 2.14. The van der Waals surface area contributed by atoms with Gasteiger partial charge in [0.05, 0.1) is 23.4 Å². The van der Waals surface area contributed by atoms with E-state index in [0.717, 1.165) is 0 Å². The van der Waals surface area contributed by atoms with E-state index < -0.39 is 16.6 Å². The van der Waals surface area contributed by atoms with E-state index in [1.54, 1.807) is 45.0 Å². The number of hydrogen-bond acceptors (Lipinski definition) is 5. The van der Waals surface area contributed by atoms with Crippen molar-refractivity contribution in [3.05, 3.63) is 58.6 Å². The highest BCUT2D eigenvalue weighted by Gasteiger charge is 2.25. The monoisotopic (exact) mass is 344 g/mol. The highest BCUT2D eigenvalue weighted by atomic mass is 16.6. The lowest BCUT2D eigenvalue weighted by Crippen LogP contribution is -2.33. The molecule has 7 nitrogen and oxygen atoms in total. The van der Waals surface area contributed by atoms with Crippen LogP contribution in [0, 0.1) is 10.1 Å². The second kappa shape index (κ2) is 7.21. The maximum atomic E-state index is 12.7. The van der Waals surface area contributed by atoms with Crippen molar-refractivity contribution in [1.82, 2.24) is 0 Å². The molecule has 0 N–H and O–H groups in total. The molecule has 0 unspecified atom stereocenters. The van der Waals surface area contributed by atoms with Crippen molar-refractivity contribution in [2.75, 3.05) is 12.0 Å². The van der Waals surface area contributed by atoms with Gasteiger partial charge in [0.25, 0.3) is 5.69 Å². The molecule has 0 heterocycles. The molecule has 0 saturated heterocycles. The number of nitro benzene ring substituents is 1. The SMILES string of the molecule is COc1cccc(N(C(=O)OC(C)(C)C)c2ccc([N+](=O)[O-])cc2)c1. The summed E-state index contributed by atoms with van der Waals surface area (Å²) >= 11 is 0. The standard InChI is InChI=1S/C18H20N2O5/c1-18(2,3)25-17(21)19(15-6-5-7-16(12-15)24-4)13-8-10-14(11-9-13)20(22)23/h5-12H,1-4H3. The Kier molecular flexibility index (Phi) is 5.26. The molecule has 0 radical (unpaired) electrons. The number of nitro groups is 1. The van der Waals surface area contributed by atoms with Crippen molar-refractivity contribution >= 4 is 23.2 Å². The first kappa shape index (κ1) is 18.3. The number of carbonyl (C=O) groups excluding carboxylic acids is 1. The molecule has 2 aromatic rings. The van der Waals surface area contributed by atoms with Gasteiger partial charge in [-0.2, -0.15) is 0 Å². The Labute approximate surface area is 145 Å². The van der Waals surface area contributed by atoms with E-state index in [1.807, 2.05) is 0 Å². The van der Waals surface area contributed by atoms with Gasteiger partial charge < -0.3 is 9.47 Å². The van der Waals surface area contributed by atoms with E-state index in [0.29, 0.717) is 17.1 Å². The molecule has 0 atom stereocenters. The lowest BCUT2D eigenvalue weighted by atomic mass is 10.2.